The number of alkyl halides is 3. The van der Waals surface area contributed by atoms with E-state index in [-0.39, 0.29) is 17.1 Å². The van der Waals surface area contributed by atoms with E-state index in [0.717, 1.165) is 18.2 Å². The molecule has 1 amide bonds. The third kappa shape index (κ3) is 3.40. The number of ether oxygens (including phenoxy) is 1. The van der Waals surface area contributed by atoms with Crippen LogP contribution in [0.15, 0.2) is 18.3 Å². The van der Waals surface area contributed by atoms with Crippen LogP contribution in [-0.2, 0) is 22.9 Å². The number of pyridine rings is 1. The molecule has 0 aromatic carbocycles. The summed E-state index contributed by atoms with van der Waals surface area (Å²) in [5.41, 5.74) is 5.18. The first-order valence-corrected chi connectivity index (χ1v) is 9.27. The number of nitrogens with zero attached hydrogens (tertiary/aromatic N) is 4. The van der Waals surface area contributed by atoms with Gasteiger partial charge in [-0.05, 0) is 39.3 Å². The first kappa shape index (κ1) is 19.5. The van der Waals surface area contributed by atoms with Crippen molar-refractivity contribution in [3.05, 3.63) is 29.6 Å². The van der Waals surface area contributed by atoms with E-state index in [1.54, 1.807) is 15.6 Å². The number of fused-ring (bicyclic) bond motifs is 2. The van der Waals surface area contributed by atoms with E-state index in [4.69, 9.17) is 10.5 Å². The lowest BCUT2D eigenvalue weighted by molar-refractivity contribution is -0.137. The zero-order valence-corrected chi connectivity index (χ0v) is 16.4. The van der Waals surface area contributed by atoms with Crippen molar-refractivity contribution < 1.29 is 22.7 Å². The highest BCUT2D eigenvalue weighted by Crippen LogP contribution is 2.44. The van der Waals surface area contributed by atoms with Crippen molar-refractivity contribution in [1.29, 1.82) is 0 Å². The van der Waals surface area contributed by atoms with Gasteiger partial charge in [0.25, 0.3) is 0 Å². The van der Waals surface area contributed by atoms with E-state index >= 15 is 0 Å². The highest BCUT2D eigenvalue weighted by atomic mass is 19.4. The number of aromatic nitrogens is 3. The van der Waals surface area contributed by atoms with Gasteiger partial charge in [-0.1, -0.05) is 0 Å². The van der Waals surface area contributed by atoms with Crippen molar-refractivity contribution in [3.8, 4) is 11.3 Å². The second-order valence-electron chi connectivity index (χ2n) is 8.66. The minimum atomic E-state index is -4.58. The van der Waals surface area contributed by atoms with Gasteiger partial charge in [-0.3, -0.25) is 4.68 Å². The number of aryl methyl sites for hydroxylation is 1. The van der Waals surface area contributed by atoms with E-state index in [1.807, 2.05) is 20.8 Å². The Morgan fingerprint density at radius 1 is 1.24 bits per heavy atom. The molecular weight excluding hydrogens is 387 g/mol. The molecule has 0 radical (unpaired) electrons. The fourth-order valence-electron chi connectivity index (χ4n) is 3.91. The van der Waals surface area contributed by atoms with Crippen molar-refractivity contribution in [3.63, 3.8) is 0 Å². The van der Waals surface area contributed by atoms with Crippen LogP contribution in [0.2, 0.25) is 0 Å². The third-order valence-corrected chi connectivity index (χ3v) is 5.28. The number of hydrogen-bond donors (Lipinski definition) is 1. The number of halogens is 3. The molecule has 156 valence electrons. The Morgan fingerprint density at radius 3 is 2.55 bits per heavy atom. The second-order valence-corrected chi connectivity index (χ2v) is 8.66. The van der Waals surface area contributed by atoms with Gasteiger partial charge in [0.05, 0.1) is 11.3 Å². The average molecular weight is 409 g/mol. The van der Waals surface area contributed by atoms with Gasteiger partial charge in [0.15, 0.2) is 0 Å². The molecule has 0 saturated carbocycles. The minimum Gasteiger partial charge on any atom is -0.444 e. The van der Waals surface area contributed by atoms with Crippen molar-refractivity contribution >= 4 is 11.9 Å². The summed E-state index contributed by atoms with van der Waals surface area (Å²) in [6, 6.07) is 2.76. The van der Waals surface area contributed by atoms with Crippen LogP contribution in [0.4, 0.5) is 23.8 Å². The summed E-state index contributed by atoms with van der Waals surface area (Å²) in [7, 11) is 0. The zero-order chi connectivity index (χ0) is 21.2. The van der Waals surface area contributed by atoms with Crippen molar-refractivity contribution in [2.45, 2.75) is 50.9 Å². The van der Waals surface area contributed by atoms with Crippen LogP contribution >= 0.6 is 0 Å². The van der Waals surface area contributed by atoms with Gasteiger partial charge in [-0.2, -0.15) is 18.3 Å². The summed E-state index contributed by atoms with van der Waals surface area (Å²) in [5, 5.41) is 4.45. The van der Waals surface area contributed by atoms with Gasteiger partial charge in [-0.25, -0.2) is 9.78 Å². The number of rotatable bonds is 1. The Balaban J connectivity index is 1.56. The van der Waals surface area contributed by atoms with Crippen LogP contribution in [0.3, 0.4) is 0 Å². The monoisotopic (exact) mass is 409 g/mol. The number of hydrogen-bond acceptors (Lipinski definition) is 5. The molecule has 1 spiro atoms. The van der Waals surface area contributed by atoms with Crippen LogP contribution in [0, 0.1) is 0 Å². The predicted octanol–water partition coefficient (Wildman–Crippen LogP) is 3.44. The Bertz CT molecular complexity index is 971. The fourth-order valence-corrected chi connectivity index (χ4v) is 3.91. The molecule has 2 aliphatic heterocycles. The van der Waals surface area contributed by atoms with Gasteiger partial charge < -0.3 is 15.4 Å². The quantitative estimate of drug-likeness (QED) is 0.780. The summed E-state index contributed by atoms with van der Waals surface area (Å²) in [6.45, 7) is 7.08. The Kier molecular flexibility index (Phi) is 4.11. The molecule has 0 atom stereocenters. The maximum absolute atomic E-state index is 13.1. The molecule has 1 fully saturated rings. The summed E-state index contributed by atoms with van der Waals surface area (Å²) in [5.74, 6) is -0.559. The Hall–Kier alpha value is -2.78. The minimum absolute atomic E-state index is 0.240. The maximum atomic E-state index is 13.1. The Labute approximate surface area is 165 Å². The van der Waals surface area contributed by atoms with Crippen molar-refractivity contribution in [2.24, 2.45) is 0 Å². The van der Waals surface area contributed by atoms with Crippen LogP contribution < -0.4 is 5.73 Å². The van der Waals surface area contributed by atoms with E-state index in [9.17, 15) is 18.0 Å². The molecule has 1 saturated heterocycles. The lowest BCUT2D eigenvalue weighted by atomic mass is 9.76. The standard InChI is InChI=1S/C19H22F3N5O2/c1-17(2,3)29-16(28)26-9-18(10-26)4-5-27-14(18)7-13(25-27)11-6-12(19(20,21)22)15(23)24-8-11/h6-8H,4-5,9-10H2,1-3H3,(H2,23,24). The van der Waals surface area contributed by atoms with Gasteiger partial charge in [-0.15, -0.1) is 0 Å². The van der Waals surface area contributed by atoms with Gasteiger partial charge in [0, 0.05) is 42.5 Å². The predicted molar refractivity (Wildman–Crippen MR) is 99.0 cm³/mol. The summed E-state index contributed by atoms with van der Waals surface area (Å²) in [6.07, 6.45) is -2.83. The van der Waals surface area contributed by atoms with Gasteiger partial charge in [0.2, 0.25) is 0 Å². The molecule has 2 aromatic rings. The first-order valence-electron chi connectivity index (χ1n) is 9.27. The number of anilines is 1. The number of nitrogens with two attached hydrogens (primary N) is 1. The van der Waals surface area contributed by atoms with Crippen LogP contribution in [0.5, 0.6) is 0 Å². The lowest BCUT2D eigenvalue weighted by Crippen LogP contribution is -2.61. The highest BCUT2D eigenvalue weighted by Gasteiger charge is 2.52. The fraction of sp³-hybridized carbons (Fsp3) is 0.526. The van der Waals surface area contributed by atoms with Gasteiger partial charge >= 0.3 is 12.3 Å². The SMILES string of the molecule is CC(C)(C)OC(=O)N1CC2(CCn3nc(-c4cnc(N)c(C(F)(F)F)c4)cc32)C1. The summed E-state index contributed by atoms with van der Waals surface area (Å²) >= 11 is 0. The number of carbonyl (C=O) groups excluding carboxylic acids is 1. The van der Waals surface area contributed by atoms with Crippen LogP contribution in [0.25, 0.3) is 11.3 Å². The number of nitrogen functional groups attached to an aromatic ring is 1. The Morgan fingerprint density at radius 2 is 1.93 bits per heavy atom. The summed E-state index contributed by atoms with van der Waals surface area (Å²) in [4.78, 5) is 17.6. The topological polar surface area (TPSA) is 86.3 Å². The average Bonchev–Trinajstić information content (AvgIpc) is 3.09. The molecule has 2 aromatic heterocycles. The molecule has 0 unspecified atom stereocenters. The third-order valence-electron chi connectivity index (χ3n) is 5.28. The second kappa shape index (κ2) is 6.11. The number of amides is 1. The molecule has 0 bridgehead atoms. The molecule has 4 rings (SSSR count). The maximum Gasteiger partial charge on any atom is 0.419 e. The van der Waals surface area contributed by atoms with E-state index in [1.165, 1.54) is 6.20 Å². The zero-order valence-electron chi connectivity index (χ0n) is 16.4. The molecule has 2 N–H and O–H groups in total. The molecule has 10 heteroatoms. The largest absolute Gasteiger partial charge is 0.444 e. The smallest absolute Gasteiger partial charge is 0.419 e. The van der Waals surface area contributed by atoms with Crippen molar-refractivity contribution in [1.82, 2.24) is 19.7 Å². The molecule has 0 aliphatic carbocycles. The molecule has 4 heterocycles. The highest BCUT2D eigenvalue weighted by molar-refractivity contribution is 5.70. The molecule has 7 nitrogen and oxygen atoms in total. The van der Waals surface area contributed by atoms with Gasteiger partial charge in [0.1, 0.15) is 11.4 Å². The summed E-state index contributed by atoms with van der Waals surface area (Å²) < 4.78 is 46.6. The van der Waals surface area contributed by atoms with E-state index < -0.39 is 23.2 Å². The van der Waals surface area contributed by atoms with E-state index in [0.29, 0.717) is 25.3 Å². The van der Waals surface area contributed by atoms with Crippen LogP contribution in [-0.4, -0.2) is 44.4 Å². The molecule has 2 aliphatic rings. The van der Waals surface area contributed by atoms with Crippen LogP contribution in [0.1, 0.15) is 38.4 Å². The van der Waals surface area contributed by atoms with Crippen molar-refractivity contribution in [2.75, 3.05) is 18.8 Å². The first-order chi connectivity index (χ1) is 13.4. The number of likely N-dealkylation sites (tertiary alicyclic amines) is 1. The normalized spacial score (nSPS) is 17.9. The lowest BCUT2D eigenvalue weighted by Gasteiger charge is -2.47. The number of carbonyl (C=O) groups is 1. The van der Waals surface area contributed by atoms with E-state index in [2.05, 4.69) is 10.1 Å². The molecule has 29 heavy (non-hydrogen) atoms. The molecular formula is C19H22F3N5O2.